The highest BCUT2D eigenvalue weighted by Crippen LogP contribution is 2.30. The number of aromatic amines is 1. The monoisotopic (exact) mass is 340 g/mol. The molecule has 4 rings (SSSR count). The second-order valence-corrected chi connectivity index (χ2v) is 6.39. The third-order valence-electron chi connectivity index (χ3n) is 4.78. The smallest absolute Gasteiger partial charge is 0.257 e. The molecule has 3 heterocycles. The van der Waals surface area contributed by atoms with Gasteiger partial charge in [-0.2, -0.15) is 5.10 Å². The number of aryl methyl sites for hydroxylation is 1. The summed E-state index contributed by atoms with van der Waals surface area (Å²) in [5.74, 6) is 1.51. The van der Waals surface area contributed by atoms with Gasteiger partial charge in [0.05, 0.1) is 11.7 Å². The number of likely N-dealkylation sites (N-methyl/N-ethyl adjacent to an activating group) is 1. The van der Waals surface area contributed by atoms with Crippen molar-refractivity contribution in [2.45, 2.75) is 25.4 Å². The van der Waals surface area contributed by atoms with E-state index in [2.05, 4.69) is 15.2 Å². The summed E-state index contributed by atoms with van der Waals surface area (Å²) in [6.45, 7) is 2.97. The third-order valence-corrected chi connectivity index (χ3v) is 4.78. The third kappa shape index (κ3) is 2.80. The Morgan fingerprint density at radius 1 is 1.40 bits per heavy atom. The Hall–Kier alpha value is -2.67. The average molecular weight is 340 g/mol. The van der Waals surface area contributed by atoms with Gasteiger partial charge in [-0.15, -0.1) is 0 Å². The number of fused-ring (bicyclic) bond motifs is 1. The van der Waals surface area contributed by atoms with Crippen LogP contribution in [0.2, 0.25) is 0 Å². The number of carbonyl (C=O) groups is 1. The molecule has 1 N–H and O–H groups in total. The van der Waals surface area contributed by atoms with Gasteiger partial charge in [-0.25, -0.2) is 4.98 Å². The molecule has 1 aliphatic rings. The van der Waals surface area contributed by atoms with Gasteiger partial charge in [0.1, 0.15) is 23.5 Å². The van der Waals surface area contributed by atoms with Crippen LogP contribution in [0, 0.1) is 6.92 Å². The Morgan fingerprint density at radius 3 is 3.04 bits per heavy atom. The molecule has 0 unspecified atom stereocenters. The van der Waals surface area contributed by atoms with Crippen molar-refractivity contribution in [2.75, 3.05) is 20.2 Å². The maximum Gasteiger partial charge on any atom is 0.257 e. The van der Waals surface area contributed by atoms with Crippen LogP contribution in [0.1, 0.15) is 34.3 Å². The number of nitrogens with one attached hydrogen (secondary N) is 1. The molecule has 2 aromatic heterocycles. The molecule has 2 atom stereocenters. The van der Waals surface area contributed by atoms with Crippen molar-refractivity contribution in [3.63, 3.8) is 0 Å². The molecule has 0 spiro atoms. The van der Waals surface area contributed by atoms with Gasteiger partial charge in [-0.3, -0.25) is 9.89 Å². The van der Waals surface area contributed by atoms with E-state index < -0.39 is 0 Å². The number of para-hydroxylation sites is 1. The number of nitrogens with zero attached hydrogens (tertiary/aromatic N) is 3. The maximum absolute atomic E-state index is 13.0. The quantitative estimate of drug-likeness (QED) is 0.789. The van der Waals surface area contributed by atoms with Gasteiger partial charge in [0.2, 0.25) is 0 Å². The Morgan fingerprint density at radius 2 is 2.24 bits per heavy atom. The number of aromatic nitrogens is 3. The summed E-state index contributed by atoms with van der Waals surface area (Å²) in [5, 5.41) is 7.67. The van der Waals surface area contributed by atoms with Gasteiger partial charge in [0.25, 0.3) is 5.91 Å². The first kappa shape index (κ1) is 15.8. The van der Waals surface area contributed by atoms with Crippen LogP contribution in [0.25, 0.3) is 11.0 Å². The number of hydrogen-bond acceptors (Lipinski definition) is 5. The molecule has 1 fully saturated rings. The van der Waals surface area contributed by atoms with Crippen molar-refractivity contribution in [3.05, 3.63) is 47.7 Å². The fraction of sp³-hybridized carbons (Fsp3) is 0.389. The zero-order valence-corrected chi connectivity index (χ0v) is 14.2. The summed E-state index contributed by atoms with van der Waals surface area (Å²) in [5.41, 5.74) is 1.35. The Bertz CT molecular complexity index is 887. The SMILES string of the molecule is Cc1oc2ccccc2c1C(=O)N(C)C[C@H]1OCC[C@H]1c1ncn[nH]1. The van der Waals surface area contributed by atoms with E-state index in [1.165, 1.54) is 6.33 Å². The van der Waals surface area contributed by atoms with E-state index in [0.29, 0.717) is 24.5 Å². The summed E-state index contributed by atoms with van der Waals surface area (Å²) < 4.78 is 11.6. The second kappa shape index (κ2) is 6.33. The molecule has 7 heteroatoms. The second-order valence-electron chi connectivity index (χ2n) is 6.39. The lowest BCUT2D eigenvalue weighted by molar-refractivity contribution is 0.0550. The van der Waals surface area contributed by atoms with Gasteiger partial charge in [-0.1, -0.05) is 18.2 Å². The predicted molar refractivity (Wildman–Crippen MR) is 91.4 cm³/mol. The zero-order valence-electron chi connectivity index (χ0n) is 14.2. The van der Waals surface area contributed by atoms with E-state index in [-0.39, 0.29) is 17.9 Å². The fourth-order valence-electron chi connectivity index (χ4n) is 3.51. The number of amides is 1. The number of hydrogen-bond donors (Lipinski definition) is 1. The minimum Gasteiger partial charge on any atom is -0.461 e. The molecule has 25 heavy (non-hydrogen) atoms. The lowest BCUT2D eigenvalue weighted by Crippen LogP contribution is -2.36. The Kier molecular flexibility index (Phi) is 4.01. The zero-order chi connectivity index (χ0) is 17.4. The first-order chi connectivity index (χ1) is 12.1. The van der Waals surface area contributed by atoms with Crippen LogP contribution in [0.3, 0.4) is 0 Å². The molecular weight excluding hydrogens is 320 g/mol. The molecule has 0 saturated carbocycles. The molecule has 7 nitrogen and oxygen atoms in total. The van der Waals surface area contributed by atoms with Crippen molar-refractivity contribution < 1.29 is 13.9 Å². The molecule has 0 radical (unpaired) electrons. The number of furan rings is 1. The molecule has 1 amide bonds. The lowest BCUT2D eigenvalue weighted by atomic mass is 10.00. The molecule has 1 aromatic carbocycles. The van der Waals surface area contributed by atoms with Gasteiger partial charge in [0, 0.05) is 31.5 Å². The lowest BCUT2D eigenvalue weighted by Gasteiger charge is -2.24. The maximum atomic E-state index is 13.0. The standard InChI is InChI=1S/C18H20N4O3/c1-11-16(12-5-3-4-6-14(12)25-11)18(23)22(2)9-15-13(7-8-24-15)17-19-10-20-21-17/h3-6,10,13,15H,7-9H2,1-2H3,(H,19,20,21)/t13-,15-/m1/s1. The molecule has 1 saturated heterocycles. The van der Waals surface area contributed by atoms with Crippen molar-refractivity contribution in [3.8, 4) is 0 Å². The largest absolute Gasteiger partial charge is 0.461 e. The van der Waals surface area contributed by atoms with Gasteiger partial charge < -0.3 is 14.1 Å². The van der Waals surface area contributed by atoms with Crippen LogP contribution in [-0.4, -0.2) is 52.3 Å². The minimum absolute atomic E-state index is 0.0609. The highest BCUT2D eigenvalue weighted by molar-refractivity contribution is 6.07. The molecular formula is C18H20N4O3. The van der Waals surface area contributed by atoms with Crippen molar-refractivity contribution in [1.29, 1.82) is 0 Å². The summed E-state index contributed by atoms with van der Waals surface area (Å²) in [4.78, 5) is 18.9. The highest BCUT2D eigenvalue weighted by atomic mass is 16.5. The summed E-state index contributed by atoms with van der Waals surface area (Å²) in [6.07, 6.45) is 2.27. The predicted octanol–water partition coefficient (Wildman–Crippen LogP) is 2.50. The van der Waals surface area contributed by atoms with Crippen molar-refractivity contribution in [1.82, 2.24) is 20.1 Å². The van der Waals surface area contributed by atoms with Crippen LogP contribution in [-0.2, 0) is 4.74 Å². The molecule has 0 bridgehead atoms. The number of ether oxygens (including phenoxy) is 1. The molecule has 0 aliphatic carbocycles. The number of carbonyl (C=O) groups excluding carboxylic acids is 1. The van der Waals surface area contributed by atoms with E-state index in [9.17, 15) is 4.79 Å². The van der Waals surface area contributed by atoms with Crippen LogP contribution < -0.4 is 0 Å². The molecule has 3 aromatic rings. The van der Waals surface area contributed by atoms with E-state index in [1.807, 2.05) is 31.2 Å². The van der Waals surface area contributed by atoms with Crippen molar-refractivity contribution >= 4 is 16.9 Å². The van der Waals surface area contributed by atoms with Gasteiger partial charge in [0.15, 0.2) is 0 Å². The van der Waals surface area contributed by atoms with Crippen LogP contribution in [0.4, 0.5) is 0 Å². The van der Waals surface area contributed by atoms with E-state index in [4.69, 9.17) is 9.15 Å². The van der Waals surface area contributed by atoms with Gasteiger partial charge in [-0.05, 0) is 19.4 Å². The number of H-pyrrole nitrogens is 1. The molecule has 130 valence electrons. The first-order valence-corrected chi connectivity index (χ1v) is 8.35. The van der Waals surface area contributed by atoms with E-state index >= 15 is 0 Å². The number of rotatable bonds is 4. The van der Waals surface area contributed by atoms with Crippen LogP contribution in [0.5, 0.6) is 0 Å². The summed E-state index contributed by atoms with van der Waals surface area (Å²) in [6, 6.07) is 7.60. The Labute approximate surface area is 145 Å². The summed E-state index contributed by atoms with van der Waals surface area (Å²) in [7, 11) is 1.79. The topological polar surface area (TPSA) is 84.2 Å². The van der Waals surface area contributed by atoms with E-state index in [1.54, 1.807) is 11.9 Å². The first-order valence-electron chi connectivity index (χ1n) is 8.35. The fourth-order valence-corrected chi connectivity index (χ4v) is 3.51. The normalized spacial score (nSPS) is 20.2. The van der Waals surface area contributed by atoms with Crippen LogP contribution in [0.15, 0.2) is 35.0 Å². The average Bonchev–Trinajstić information content (AvgIpc) is 3.32. The minimum atomic E-state index is -0.0969. The summed E-state index contributed by atoms with van der Waals surface area (Å²) >= 11 is 0. The van der Waals surface area contributed by atoms with E-state index in [0.717, 1.165) is 23.2 Å². The van der Waals surface area contributed by atoms with Crippen LogP contribution >= 0.6 is 0 Å². The van der Waals surface area contributed by atoms with Gasteiger partial charge >= 0.3 is 0 Å². The molecule has 1 aliphatic heterocycles. The highest BCUT2D eigenvalue weighted by Gasteiger charge is 2.34. The number of benzene rings is 1. The van der Waals surface area contributed by atoms with Crippen molar-refractivity contribution in [2.24, 2.45) is 0 Å². The Balaban J connectivity index is 1.55.